The Morgan fingerprint density at radius 2 is 1.84 bits per heavy atom. The summed E-state index contributed by atoms with van der Waals surface area (Å²) in [6.45, 7) is 4.89. The molecule has 5 nitrogen and oxygen atoms in total. The summed E-state index contributed by atoms with van der Waals surface area (Å²) in [5.41, 5.74) is 0.155. The molecule has 1 aliphatic heterocycles. The van der Waals surface area contributed by atoms with Crippen molar-refractivity contribution in [2.45, 2.75) is 20.8 Å². The molecule has 1 aliphatic rings. The monoisotopic (exact) mass is 324 g/mol. The summed E-state index contributed by atoms with van der Waals surface area (Å²) in [4.78, 5) is 36.9. The van der Waals surface area contributed by atoms with Gasteiger partial charge >= 0.3 is 6.03 Å². The van der Waals surface area contributed by atoms with Gasteiger partial charge in [0.2, 0.25) is 11.8 Å². The second-order valence-corrected chi connectivity index (χ2v) is 5.83. The van der Waals surface area contributed by atoms with E-state index in [2.05, 4.69) is 21.2 Å². The predicted octanol–water partition coefficient (Wildman–Crippen LogP) is 2.37. The van der Waals surface area contributed by atoms with Crippen LogP contribution < -0.4 is 10.2 Å². The van der Waals surface area contributed by atoms with Gasteiger partial charge < -0.3 is 0 Å². The third-order valence-corrected chi connectivity index (χ3v) is 3.71. The Bertz CT molecular complexity index is 596. The van der Waals surface area contributed by atoms with Gasteiger partial charge in [0.05, 0.1) is 5.69 Å². The van der Waals surface area contributed by atoms with Gasteiger partial charge in [0.25, 0.3) is 0 Å². The summed E-state index contributed by atoms with van der Waals surface area (Å²) in [6, 6.07) is 4.55. The zero-order valence-corrected chi connectivity index (χ0v) is 12.4. The fraction of sp³-hybridized carbons (Fsp3) is 0.308. The Balaban J connectivity index is 2.52. The van der Waals surface area contributed by atoms with E-state index in [0.717, 1.165) is 10.5 Å². The molecule has 1 saturated heterocycles. The highest BCUT2D eigenvalue weighted by Crippen LogP contribution is 2.33. The van der Waals surface area contributed by atoms with Gasteiger partial charge in [-0.05, 0) is 54.4 Å². The van der Waals surface area contributed by atoms with Gasteiger partial charge in [-0.3, -0.25) is 14.9 Å². The van der Waals surface area contributed by atoms with Crippen LogP contribution in [-0.4, -0.2) is 17.8 Å². The second-order valence-electron chi connectivity index (χ2n) is 4.98. The summed E-state index contributed by atoms with van der Waals surface area (Å²) in [5, 5.41) is 2.20. The molecular formula is C13H13BrN2O3. The molecule has 1 aromatic rings. The molecule has 1 aromatic carbocycles. The molecule has 0 atom stereocenters. The zero-order chi connectivity index (χ0) is 14.4. The highest BCUT2D eigenvalue weighted by molar-refractivity contribution is 9.10. The zero-order valence-electron chi connectivity index (χ0n) is 10.8. The van der Waals surface area contributed by atoms with E-state index in [1.54, 1.807) is 18.2 Å². The largest absolute Gasteiger partial charge is 0.335 e. The molecule has 0 spiro atoms. The number of benzene rings is 1. The SMILES string of the molecule is Cc1ccc(N2C(=O)NC(=O)C(C)(C)C2=O)c(Br)c1. The minimum absolute atomic E-state index is 0.425. The van der Waals surface area contributed by atoms with Crippen LogP contribution in [0.15, 0.2) is 22.7 Å². The number of carbonyl (C=O) groups is 3. The van der Waals surface area contributed by atoms with Gasteiger partial charge in [-0.25, -0.2) is 9.69 Å². The fourth-order valence-corrected chi connectivity index (χ4v) is 2.46. The lowest BCUT2D eigenvalue weighted by Gasteiger charge is -2.34. The van der Waals surface area contributed by atoms with E-state index in [4.69, 9.17) is 0 Å². The first-order chi connectivity index (χ1) is 8.75. The number of anilines is 1. The first-order valence-electron chi connectivity index (χ1n) is 5.71. The van der Waals surface area contributed by atoms with Crippen LogP contribution in [-0.2, 0) is 9.59 Å². The average Bonchev–Trinajstić information content (AvgIpc) is 2.30. The van der Waals surface area contributed by atoms with Crippen molar-refractivity contribution in [3.63, 3.8) is 0 Å². The number of hydrogen-bond acceptors (Lipinski definition) is 3. The lowest BCUT2D eigenvalue weighted by Crippen LogP contribution is -2.62. The molecule has 0 saturated carbocycles. The highest BCUT2D eigenvalue weighted by Gasteiger charge is 2.47. The van der Waals surface area contributed by atoms with Crippen LogP contribution in [0.5, 0.6) is 0 Å². The Labute approximate surface area is 119 Å². The summed E-state index contributed by atoms with van der Waals surface area (Å²) in [5.74, 6) is -1.12. The average molecular weight is 325 g/mol. The number of rotatable bonds is 1. The molecule has 1 heterocycles. The van der Waals surface area contributed by atoms with Gasteiger partial charge in [0.15, 0.2) is 0 Å². The lowest BCUT2D eigenvalue weighted by atomic mass is 9.88. The van der Waals surface area contributed by atoms with Gasteiger partial charge in [0.1, 0.15) is 5.41 Å². The van der Waals surface area contributed by atoms with Crippen molar-refractivity contribution < 1.29 is 14.4 Å². The van der Waals surface area contributed by atoms with Gasteiger partial charge in [-0.2, -0.15) is 0 Å². The number of halogens is 1. The smallest absolute Gasteiger partial charge is 0.276 e. The number of amides is 4. The highest BCUT2D eigenvalue weighted by atomic mass is 79.9. The maximum absolute atomic E-state index is 12.3. The van der Waals surface area contributed by atoms with Crippen molar-refractivity contribution in [3.05, 3.63) is 28.2 Å². The van der Waals surface area contributed by atoms with Crippen molar-refractivity contribution in [1.29, 1.82) is 0 Å². The molecule has 19 heavy (non-hydrogen) atoms. The van der Waals surface area contributed by atoms with Crippen LogP contribution in [0.2, 0.25) is 0 Å². The lowest BCUT2D eigenvalue weighted by molar-refractivity contribution is -0.140. The molecule has 2 rings (SSSR count). The molecule has 0 aromatic heterocycles. The first-order valence-corrected chi connectivity index (χ1v) is 6.50. The number of hydrogen-bond donors (Lipinski definition) is 1. The first kappa shape index (κ1) is 13.7. The van der Waals surface area contributed by atoms with Gasteiger partial charge in [-0.15, -0.1) is 0 Å². The number of barbiturate groups is 1. The molecule has 100 valence electrons. The Kier molecular flexibility index (Phi) is 3.22. The molecule has 4 amide bonds. The molecule has 1 N–H and O–H groups in total. The van der Waals surface area contributed by atoms with Crippen molar-refractivity contribution in [1.82, 2.24) is 5.32 Å². The van der Waals surface area contributed by atoms with Crippen molar-refractivity contribution in [2.24, 2.45) is 5.41 Å². The van der Waals surface area contributed by atoms with E-state index in [1.807, 2.05) is 6.92 Å². The Morgan fingerprint density at radius 1 is 1.21 bits per heavy atom. The second kappa shape index (κ2) is 4.45. The Hall–Kier alpha value is -1.69. The van der Waals surface area contributed by atoms with E-state index >= 15 is 0 Å². The third-order valence-electron chi connectivity index (χ3n) is 3.07. The van der Waals surface area contributed by atoms with Gasteiger partial charge in [0, 0.05) is 4.47 Å². The fourth-order valence-electron chi connectivity index (χ4n) is 1.79. The predicted molar refractivity (Wildman–Crippen MR) is 73.7 cm³/mol. The third kappa shape index (κ3) is 2.16. The van der Waals surface area contributed by atoms with Crippen molar-refractivity contribution in [3.8, 4) is 0 Å². The maximum atomic E-state index is 12.3. The minimum atomic E-state index is -1.27. The van der Waals surface area contributed by atoms with Crippen LogP contribution in [0.1, 0.15) is 19.4 Å². The number of urea groups is 1. The molecular weight excluding hydrogens is 312 g/mol. The number of aryl methyl sites for hydroxylation is 1. The molecule has 0 unspecified atom stereocenters. The number of carbonyl (C=O) groups excluding carboxylic acids is 3. The van der Waals surface area contributed by atoms with Gasteiger partial charge in [-0.1, -0.05) is 6.07 Å². The van der Waals surface area contributed by atoms with Crippen LogP contribution in [0.25, 0.3) is 0 Å². The number of nitrogens with zero attached hydrogens (tertiary/aromatic N) is 1. The van der Waals surface area contributed by atoms with E-state index in [0.29, 0.717) is 10.2 Å². The van der Waals surface area contributed by atoms with E-state index in [9.17, 15) is 14.4 Å². The summed E-state index contributed by atoms with van der Waals surface area (Å²) < 4.78 is 0.626. The topological polar surface area (TPSA) is 66.5 Å². The maximum Gasteiger partial charge on any atom is 0.335 e. The Morgan fingerprint density at radius 3 is 2.42 bits per heavy atom. The normalized spacial score (nSPS) is 18.5. The molecule has 1 fully saturated rings. The molecule has 0 bridgehead atoms. The summed E-state index contributed by atoms with van der Waals surface area (Å²) >= 11 is 3.33. The molecule has 0 aliphatic carbocycles. The number of nitrogens with one attached hydrogen (secondary N) is 1. The molecule has 0 radical (unpaired) electrons. The summed E-state index contributed by atoms with van der Waals surface area (Å²) in [7, 11) is 0. The quantitative estimate of drug-likeness (QED) is 0.806. The molecule has 6 heteroatoms. The number of imide groups is 2. The van der Waals surface area contributed by atoms with E-state index in [1.165, 1.54) is 13.8 Å². The minimum Gasteiger partial charge on any atom is -0.276 e. The van der Waals surface area contributed by atoms with Crippen molar-refractivity contribution in [2.75, 3.05) is 4.90 Å². The van der Waals surface area contributed by atoms with E-state index < -0.39 is 23.3 Å². The van der Waals surface area contributed by atoms with Crippen LogP contribution in [0.3, 0.4) is 0 Å². The van der Waals surface area contributed by atoms with Crippen LogP contribution >= 0.6 is 15.9 Å². The van der Waals surface area contributed by atoms with E-state index in [-0.39, 0.29) is 0 Å². The van der Waals surface area contributed by atoms with Crippen LogP contribution in [0.4, 0.5) is 10.5 Å². The summed E-state index contributed by atoms with van der Waals surface area (Å²) in [6.07, 6.45) is 0. The van der Waals surface area contributed by atoms with Crippen molar-refractivity contribution >= 4 is 39.5 Å². The standard InChI is InChI=1S/C13H13BrN2O3/c1-7-4-5-9(8(14)6-7)16-11(18)13(2,3)10(17)15-12(16)19/h4-6H,1-3H3,(H,15,17,19). The van der Waals surface area contributed by atoms with Crippen LogP contribution in [0, 0.1) is 12.3 Å².